The summed E-state index contributed by atoms with van der Waals surface area (Å²) < 4.78 is 12.9. The molecule has 2 amide bonds. The van der Waals surface area contributed by atoms with Crippen molar-refractivity contribution in [2.75, 3.05) is 5.32 Å². The predicted octanol–water partition coefficient (Wildman–Crippen LogP) is 4.50. The summed E-state index contributed by atoms with van der Waals surface area (Å²) in [6.07, 6.45) is 1.41. The van der Waals surface area contributed by atoms with Crippen LogP contribution in [0.5, 0.6) is 0 Å². The predicted molar refractivity (Wildman–Crippen MR) is 107 cm³/mol. The zero-order valence-corrected chi connectivity index (χ0v) is 15.3. The average Bonchev–Trinajstić information content (AvgIpc) is 2.70. The Bertz CT molecular complexity index is 1020. The van der Waals surface area contributed by atoms with Crippen LogP contribution in [-0.2, 0) is 0 Å². The van der Waals surface area contributed by atoms with Gasteiger partial charge in [-0.15, -0.1) is 0 Å². The Morgan fingerprint density at radius 2 is 1.61 bits per heavy atom. The van der Waals surface area contributed by atoms with Crippen molar-refractivity contribution in [2.45, 2.75) is 0 Å². The van der Waals surface area contributed by atoms with Crippen molar-refractivity contribution >= 4 is 35.3 Å². The quantitative estimate of drug-likeness (QED) is 0.493. The van der Waals surface area contributed by atoms with E-state index in [0.29, 0.717) is 27.4 Å². The van der Waals surface area contributed by atoms with Crippen molar-refractivity contribution in [1.29, 1.82) is 0 Å². The first-order chi connectivity index (χ1) is 13.5. The van der Waals surface area contributed by atoms with Gasteiger partial charge in [0.15, 0.2) is 0 Å². The first-order valence-corrected chi connectivity index (χ1v) is 8.65. The van der Waals surface area contributed by atoms with Gasteiger partial charge in [-0.1, -0.05) is 29.8 Å². The van der Waals surface area contributed by atoms with E-state index in [9.17, 15) is 14.0 Å². The van der Waals surface area contributed by atoms with E-state index in [-0.39, 0.29) is 11.7 Å². The Morgan fingerprint density at radius 3 is 2.32 bits per heavy atom. The molecule has 0 aliphatic rings. The van der Waals surface area contributed by atoms with Gasteiger partial charge < -0.3 is 5.32 Å². The number of hydrazone groups is 1. The normalized spacial score (nSPS) is 10.6. The molecule has 0 saturated heterocycles. The van der Waals surface area contributed by atoms with Gasteiger partial charge in [0.2, 0.25) is 0 Å². The Balaban J connectivity index is 1.63. The number of amides is 2. The Hall–Kier alpha value is -3.51. The van der Waals surface area contributed by atoms with Crippen LogP contribution in [0.3, 0.4) is 0 Å². The number of nitrogens with one attached hydrogen (secondary N) is 2. The van der Waals surface area contributed by atoms with Crippen LogP contribution in [0.15, 0.2) is 77.9 Å². The third-order valence-electron chi connectivity index (χ3n) is 3.74. The molecule has 28 heavy (non-hydrogen) atoms. The highest BCUT2D eigenvalue weighted by Crippen LogP contribution is 2.14. The number of nitrogens with zero attached hydrogens (tertiary/aromatic N) is 1. The number of anilines is 1. The third kappa shape index (κ3) is 5.25. The first-order valence-electron chi connectivity index (χ1n) is 8.27. The fourth-order valence-corrected chi connectivity index (χ4v) is 2.45. The Kier molecular flexibility index (Phi) is 6.14. The average molecular weight is 396 g/mol. The first kappa shape index (κ1) is 19.3. The third-order valence-corrected chi connectivity index (χ3v) is 3.99. The Morgan fingerprint density at radius 1 is 0.893 bits per heavy atom. The largest absolute Gasteiger partial charge is 0.322 e. The molecule has 140 valence electrons. The molecule has 3 rings (SSSR count). The van der Waals surface area contributed by atoms with E-state index in [2.05, 4.69) is 15.8 Å². The zero-order valence-electron chi connectivity index (χ0n) is 14.5. The number of hydrogen-bond acceptors (Lipinski definition) is 3. The van der Waals surface area contributed by atoms with Crippen LogP contribution in [0.2, 0.25) is 5.02 Å². The standard InChI is InChI=1S/C21H15ClFN3O2/c22-17-8-6-15(7-9-17)20(27)25-19-3-1-2-16(12-19)21(28)26-24-13-14-4-10-18(23)11-5-14/h1-13H,(H,25,27)(H,26,28). The summed E-state index contributed by atoms with van der Waals surface area (Å²) in [4.78, 5) is 24.5. The van der Waals surface area contributed by atoms with E-state index in [0.717, 1.165) is 0 Å². The summed E-state index contributed by atoms with van der Waals surface area (Å²) in [7, 11) is 0. The molecule has 0 heterocycles. The molecule has 0 fully saturated rings. The highest BCUT2D eigenvalue weighted by Gasteiger charge is 2.09. The minimum atomic E-state index is -0.444. The van der Waals surface area contributed by atoms with Crippen molar-refractivity contribution in [3.8, 4) is 0 Å². The maximum absolute atomic E-state index is 12.9. The Labute approximate surface area is 165 Å². The number of carbonyl (C=O) groups is 2. The van der Waals surface area contributed by atoms with Crippen molar-refractivity contribution in [3.05, 3.63) is 100 Å². The monoisotopic (exact) mass is 395 g/mol. The number of hydrogen-bond donors (Lipinski definition) is 2. The molecule has 0 unspecified atom stereocenters. The number of benzene rings is 3. The molecular weight excluding hydrogens is 381 g/mol. The summed E-state index contributed by atoms with van der Waals surface area (Å²) in [5.74, 6) is -1.11. The smallest absolute Gasteiger partial charge is 0.271 e. The van der Waals surface area contributed by atoms with Crippen molar-refractivity contribution in [3.63, 3.8) is 0 Å². The van der Waals surface area contributed by atoms with E-state index < -0.39 is 5.91 Å². The molecule has 5 nitrogen and oxygen atoms in total. The van der Waals surface area contributed by atoms with Gasteiger partial charge >= 0.3 is 0 Å². The summed E-state index contributed by atoms with van der Waals surface area (Å²) >= 11 is 5.82. The van der Waals surface area contributed by atoms with Gasteiger partial charge in [-0.2, -0.15) is 5.10 Å². The summed E-state index contributed by atoms with van der Waals surface area (Å²) in [5, 5.41) is 7.11. The van der Waals surface area contributed by atoms with Crippen molar-refractivity contribution < 1.29 is 14.0 Å². The van der Waals surface area contributed by atoms with E-state index >= 15 is 0 Å². The number of rotatable bonds is 5. The second kappa shape index (κ2) is 8.92. The maximum Gasteiger partial charge on any atom is 0.271 e. The van der Waals surface area contributed by atoms with E-state index in [1.54, 1.807) is 42.5 Å². The molecule has 2 N–H and O–H groups in total. The van der Waals surface area contributed by atoms with Crippen LogP contribution in [0.1, 0.15) is 26.3 Å². The molecule has 3 aromatic carbocycles. The lowest BCUT2D eigenvalue weighted by Gasteiger charge is -2.07. The summed E-state index contributed by atoms with van der Waals surface area (Å²) in [5.41, 5.74) is 4.27. The zero-order chi connectivity index (χ0) is 19.9. The van der Waals surface area contributed by atoms with Crippen molar-refractivity contribution in [2.24, 2.45) is 5.10 Å². The van der Waals surface area contributed by atoms with Crippen LogP contribution < -0.4 is 10.7 Å². The summed E-state index contributed by atoms with van der Waals surface area (Å²) in [6.45, 7) is 0. The van der Waals surface area contributed by atoms with Gasteiger partial charge in [-0.25, -0.2) is 9.82 Å². The molecule has 0 bridgehead atoms. The molecule has 0 aromatic heterocycles. The van der Waals surface area contributed by atoms with Crippen LogP contribution in [0.25, 0.3) is 0 Å². The molecule has 0 spiro atoms. The lowest BCUT2D eigenvalue weighted by molar-refractivity contribution is 0.0953. The molecule has 7 heteroatoms. The van der Waals surface area contributed by atoms with Gasteiger partial charge in [0.1, 0.15) is 5.82 Å². The van der Waals surface area contributed by atoms with Gasteiger partial charge in [0.25, 0.3) is 11.8 Å². The maximum atomic E-state index is 12.9. The van der Waals surface area contributed by atoms with E-state index in [4.69, 9.17) is 11.6 Å². The van der Waals surface area contributed by atoms with Gasteiger partial charge in [-0.05, 0) is 60.2 Å². The number of carbonyl (C=O) groups excluding carboxylic acids is 2. The van der Waals surface area contributed by atoms with Gasteiger partial charge in [0.05, 0.1) is 6.21 Å². The fraction of sp³-hybridized carbons (Fsp3) is 0. The van der Waals surface area contributed by atoms with Gasteiger partial charge in [0, 0.05) is 21.8 Å². The molecule has 0 saturated carbocycles. The minimum Gasteiger partial charge on any atom is -0.322 e. The fourth-order valence-electron chi connectivity index (χ4n) is 2.32. The second-order valence-corrected chi connectivity index (χ2v) is 6.23. The second-order valence-electron chi connectivity index (χ2n) is 5.79. The minimum absolute atomic E-state index is 0.316. The molecule has 0 aliphatic heterocycles. The molecule has 0 atom stereocenters. The molecule has 0 radical (unpaired) electrons. The van der Waals surface area contributed by atoms with Gasteiger partial charge in [-0.3, -0.25) is 9.59 Å². The number of halogens is 2. The lowest BCUT2D eigenvalue weighted by Crippen LogP contribution is -2.18. The molecule has 3 aromatic rings. The summed E-state index contributed by atoms with van der Waals surface area (Å²) in [6, 6.07) is 18.6. The van der Waals surface area contributed by atoms with Crippen LogP contribution in [0, 0.1) is 5.82 Å². The topological polar surface area (TPSA) is 70.6 Å². The SMILES string of the molecule is O=C(NN=Cc1ccc(F)cc1)c1cccc(NC(=O)c2ccc(Cl)cc2)c1. The molecular formula is C21H15ClFN3O2. The molecule has 0 aliphatic carbocycles. The highest BCUT2D eigenvalue weighted by atomic mass is 35.5. The van der Waals surface area contributed by atoms with Crippen LogP contribution in [0.4, 0.5) is 10.1 Å². The van der Waals surface area contributed by atoms with E-state index in [1.165, 1.54) is 36.5 Å². The van der Waals surface area contributed by atoms with Crippen LogP contribution >= 0.6 is 11.6 Å². The van der Waals surface area contributed by atoms with Crippen molar-refractivity contribution in [1.82, 2.24) is 5.43 Å². The lowest BCUT2D eigenvalue weighted by atomic mass is 10.1. The highest BCUT2D eigenvalue weighted by molar-refractivity contribution is 6.30. The van der Waals surface area contributed by atoms with Crippen LogP contribution in [-0.4, -0.2) is 18.0 Å². The van der Waals surface area contributed by atoms with E-state index in [1.807, 2.05) is 0 Å².